The van der Waals surface area contributed by atoms with Gasteiger partial charge in [0.15, 0.2) is 0 Å². The quantitative estimate of drug-likeness (QED) is 0.625. The summed E-state index contributed by atoms with van der Waals surface area (Å²) in [5.41, 5.74) is 10.6. The van der Waals surface area contributed by atoms with Gasteiger partial charge in [0.2, 0.25) is 0 Å². The Morgan fingerprint density at radius 3 is 2.54 bits per heavy atom. The number of fused-ring (bicyclic) bond motifs is 4. The van der Waals surface area contributed by atoms with Crippen LogP contribution in [0.3, 0.4) is 0 Å². The van der Waals surface area contributed by atoms with Crippen LogP contribution >= 0.6 is 0 Å². The van der Waals surface area contributed by atoms with E-state index in [-0.39, 0.29) is 17.3 Å². The van der Waals surface area contributed by atoms with Crippen molar-refractivity contribution in [2.75, 3.05) is 25.5 Å². The molecule has 0 spiro atoms. The highest BCUT2D eigenvalue weighted by atomic mass is 16.5. The van der Waals surface area contributed by atoms with Crippen LogP contribution < -0.4 is 11.1 Å². The summed E-state index contributed by atoms with van der Waals surface area (Å²) < 4.78 is 5.54. The third-order valence-corrected chi connectivity index (χ3v) is 9.04. The number of benzene rings is 1. The average molecular weight is 477 g/mol. The second-order valence-electron chi connectivity index (χ2n) is 11.2. The summed E-state index contributed by atoms with van der Waals surface area (Å²) >= 11 is 0. The van der Waals surface area contributed by atoms with Gasteiger partial charge in [0.1, 0.15) is 5.82 Å². The van der Waals surface area contributed by atoms with Gasteiger partial charge in [-0.05, 0) is 80.5 Å². The lowest BCUT2D eigenvalue weighted by molar-refractivity contribution is -0.0702. The molecule has 2 aromatic rings. The lowest BCUT2D eigenvalue weighted by Gasteiger charge is -2.51. The molecule has 3 saturated carbocycles. The number of rotatable bonds is 4. The summed E-state index contributed by atoms with van der Waals surface area (Å²) in [5, 5.41) is 13.8. The van der Waals surface area contributed by atoms with E-state index in [2.05, 4.69) is 33.4 Å². The van der Waals surface area contributed by atoms with E-state index >= 15 is 0 Å². The van der Waals surface area contributed by atoms with E-state index in [1.54, 1.807) is 6.20 Å². The highest BCUT2D eigenvalue weighted by Gasteiger charge is 2.48. The Bertz CT molecular complexity index is 1100. The first-order chi connectivity index (χ1) is 16.9. The predicted molar refractivity (Wildman–Crippen MR) is 135 cm³/mol. The Hall–Kier alpha value is -2.48. The van der Waals surface area contributed by atoms with Gasteiger partial charge in [-0.3, -0.25) is 9.69 Å². The van der Waals surface area contributed by atoms with Crippen molar-refractivity contribution in [3.63, 3.8) is 0 Å². The first-order valence-electron chi connectivity index (χ1n) is 13.2. The Morgan fingerprint density at radius 2 is 1.80 bits per heavy atom. The predicted octanol–water partition coefficient (Wildman–Crippen LogP) is 3.44. The first-order valence-corrected chi connectivity index (χ1v) is 13.2. The number of pyridine rings is 1. The largest absolute Gasteiger partial charge is 0.390 e. The molecule has 4 fully saturated rings. The normalized spacial score (nSPS) is 29.1. The fourth-order valence-corrected chi connectivity index (χ4v) is 6.59. The van der Waals surface area contributed by atoms with Gasteiger partial charge in [0.25, 0.3) is 5.91 Å². The number of hydrogen-bond donors (Lipinski definition) is 3. The van der Waals surface area contributed by atoms with Gasteiger partial charge in [-0.1, -0.05) is 18.2 Å². The summed E-state index contributed by atoms with van der Waals surface area (Å²) in [4.78, 5) is 20.3. The second kappa shape index (κ2) is 8.87. The monoisotopic (exact) mass is 476 g/mol. The van der Waals surface area contributed by atoms with Crippen LogP contribution in [-0.2, 0) is 17.7 Å². The van der Waals surface area contributed by atoms with Gasteiger partial charge in [-0.2, -0.15) is 0 Å². The Labute approximate surface area is 207 Å². The topological polar surface area (TPSA) is 101 Å². The molecule has 1 aromatic carbocycles. The molecular weight excluding hydrogens is 440 g/mol. The number of hydrogen-bond acceptors (Lipinski definition) is 6. The molecule has 1 amide bonds. The van der Waals surface area contributed by atoms with Crippen molar-refractivity contribution < 1.29 is 14.6 Å². The lowest BCUT2D eigenvalue weighted by Crippen LogP contribution is -2.58. The molecular formula is C28H36N4O3. The van der Waals surface area contributed by atoms with Crippen LogP contribution in [0, 0.1) is 0 Å². The minimum atomic E-state index is -0.527. The van der Waals surface area contributed by atoms with E-state index in [1.807, 2.05) is 6.07 Å². The molecule has 0 atom stereocenters. The maximum Gasteiger partial charge on any atom is 0.255 e. The molecule has 186 valence electrons. The molecule has 1 aromatic heterocycles. The summed E-state index contributed by atoms with van der Waals surface area (Å²) in [7, 11) is 0. The van der Waals surface area contributed by atoms with Crippen LogP contribution in [0.5, 0.6) is 0 Å². The third kappa shape index (κ3) is 4.46. The number of amides is 1. The minimum absolute atomic E-state index is 0.158. The average Bonchev–Trinajstić information content (AvgIpc) is 2.90. The summed E-state index contributed by atoms with van der Waals surface area (Å²) in [6.07, 6.45) is 9.76. The van der Waals surface area contributed by atoms with E-state index in [1.165, 1.54) is 11.1 Å². The maximum atomic E-state index is 13.3. The number of ether oxygens (including phenoxy) is 1. The minimum Gasteiger partial charge on any atom is -0.390 e. The number of nitrogen functional groups attached to an aromatic ring is 1. The number of nitrogens with zero attached hydrogens (tertiary/aromatic N) is 2. The number of aromatic nitrogens is 1. The summed E-state index contributed by atoms with van der Waals surface area (Å²) in [5.74, 6) is 0.102. The van der Waals surface area contributed by atoms with E-state index in [9.17, 15) is 9.90 Å². The van der Waals surface area contributed by atoms with Gasteiger partial charge in [0, 0.05) is 49.6 Å². The Kier molecular flexibility index (Phi) is 5.82. The van der Waals surface area contributed by atoms with Crippen LogP contribution in [-0.4, -0.2) is 57.8 Å². The number of nitrogens with one attached hydrogen (secondary N) is 1. The zero-order chi connectivity index (χ0) is 24.0. The van der Waals surface area contributed by atoms with Gasteiger partial charge >= 0.3 is 0 Å². The smallest absolute Gasteiger partial charge is 0.255 e. The maximum absolute atomic E-state index is 13.3. The molecule has 2 aliphatic heterocycles. The molecule has 7 nitrogen and oxygen atoms in total. The molecule has 3 aliphatic carbocycles. The van der Waals surface area contributed by atoms with E-state index in [0.29, 0.717) is 11.6 Å². The van der Waals surface area contributed by atoms with Crippen molar-refractivity contribution in [3.05, 3.63) is 47.2 Å². The third-order valence-electron chi connectivity index (χ3n) is 9.04. The molecule has 3 heterocycles. The number of nitrogens with two attached hydrogens (primary N) is 1. The van der Waals surface area contributed by atoms with Crippen LogP contribution in [0.2, 0.25) is 0 Å². The zero-order valence-electron chi connectivity index (χ0n) is 20.4. The van der Waals surface area contributed by atoms with Gasteiger partial charge in [-0.15, -0.1) is 0 Å². The molecule has 7 rings (SSSR count). The van der Waals surface area contributed by atoms with Crippen LogP contribution in [0.1, 0.15) is 72.9 Å². The summed E-state index contributed by atoms with van der Waals surface area (Å²) in [6.45, 7) is 3.81. The van der Waals surface area contributed by atoms with E-state index in [4.69, 9.17) is 10.5 Å². The second-order valence-corrected chi connectivity index (χ2v) is 11.2. The number of aliphatic hydroxyl groups is 1. The van der Waals surface area contributed by atoms with E-state index < -0.39 is 5.60 Å². The van der Waals surface area contributed by atoms with Crippen LogP contribution in [0.15, 0.2) is 30.5 Å². The van der Waals surface area contributed by atoms with E-state index in [0.717, 1.165) is 95.2 Å². The molecule has 4 N–H and O–H groups in total. The van der Waals surface area contributed by atoms with Gasteiger partial charge < -0.3 is 20.9 Å². The molecule has 0 unspecified atom stereocenters. The highest BCUT2D eigenvalue weighted by Crippen LogP contribution is 2.46. The van der Waals surface area contributed by atoms with Crippen molar-refractivity contribution in [2.24, 2.45) is 0 Å². The number of anilines is 1. The molecule has 5 aliphatic rings. The SMILES string of the molecule is Nc1ncc(-c2ccc3c(c2)CCN(C2CCOCC2)C3)cc1C(=O)NC12CCC(O)(CC1)CC2. The lowest BCUT2D eigenvalue weighted by atomic mass is 9.63. The van der Waals surface area contributed by atoms with Crippen molar-refractivity contribution in [1.29, 1.82) is 0 Å². The fourth-order valence-electron chi connectivity index (χ4n) is 6.59. The molecule has 7 heteroatoms. The first kappa shape index (κ1) is 23.0. The van der Waals surface area contributed by atoms with Crippen molar-refractivity contribution in [3.8, 4) is 11.1 Å². The van der Waals surface area contributed by atoms with Gasteiger partial charge in [0.05, 0.1) is 11.2 Å². The van der Waals surface area contributed by atoms with Crippen LogP contribution in [0.25, 0.3) is 11.1 Å². The number of carbonyl (C=O) groups is 1. The van der Waals surface area contributed by atoms with Crippen molar-refractivity contribution in [2.45, 2.75) is 81.5 Å². The van der Waals surface area contributed by atoms with Crippen molar-refractivity contribution >= 4 is 11.7 Å². The van der Waals surface area contributed by atoms with Crippen LogP contribution in [0.4, 0.5) is 5.82 Å². The molecule has 0 radical (unpaired) electrons. The number of carbonyl (C=O) groups excluding carboxylic acids is 1. The molecule has 2 bridgehead atoms. The Balaban J connectivity index is 1.19. The van der Waals surface area contributed by atoms with Crippen molar-refractivity contribution in [1.82, 2.24) is 15.2 Å². The summed E-state index contributed by atoms with van der Waals surface area (Å²) in [6, 6.07) is 9.14. The highest BCUT2D eigenvalue weighted by molar-refractivity contribution is 6.00. The fraction of sp³-hybridized carbons (Fsp3) is 0.571. The Morgan fingerprint density at radius 1 is 1.06 bits per heavy atom. The van der Waals surface area contributed by atoms with Gasteiger partial charge in [-0.25, -0.2) is 4.98 Å². The standard InChI is InChI=1S/C28H36N4O3/c29-25-24(26(33)31-27-6-9-28(34,10-7-27)11-8-27)16-22(17-30-25)19-1-2-21-18-32(12-3-20(21)15-19)23-4-13-35-14-5-23/h1-2,15-17,23,34H,3-14,18H2,(H2,29,30)(H,31,33). The molecule has 35 heavy (non-hydrogen) atoms. The molecule has 1 saturated heterocycles. The zero-order valence-corrected chi connectivity index (χ0v) is 20.4.